The van der Waals surface area contributed by atoms with Crippen LogP contribution in [0.4, 0.5) is 4.39 Å². The number of nitrogens with zero attached hydrogens (tertiary/aromatic N) is 1. The van der Waals surface area contributed by atoms with Crippen LogP contribution in [0.5, 0.6) is 5.75 Å². The number of carbonyl (C=O) groups excluding carboxylic acids is 1. The summed E-state index contributed by atoms with van der Waals surface area (Å²) in [7, 11) is 0. The largest absolute Gasteiger partial charge is 0.507 e. The molecule has 2 rings (SSSR count). The minimum atomic E-state index is -0.548. The van der Waals surface area contributed by atoms with Crippen LogP contribution >= 0.6 is 0 Å². The van der Waals surface area contributed by atoms with E-state index < -0.39 is 5.82 Å². The second kappa shape index (κ2) is 4.71. The molecule has 0 unspecified atom stereocenters. The van der Waals surface area contributed by atoms with E-state index in [0.29, 0.717) is 13.1 Å². The van der Waals surface area contributed by atoms with Crippen LogP contribution in [0.15, 0.2) is 18.2 Å². The summed E-state index contributed by atoms with van der Waals surface area (Å²) >= 11 is 0. The van der Waals surface area contributed by atoms with Crippen LogP contribution in [0.2, 0.25) is 0 Å². The van der Waals surface area contributed by atoms with Gasteiger partial charge in [-0.15, -0.1) is 0 Å². The normalized spacial score (nSPS) is 20.4. The molecule has 0 aliphatic carbocycles. The van der Waals surface area contributed by atoms with Crippen molar-refractivity contribution in [2.45, 2.75) is 13.0 Å². The third-order valence-electron chi connectivity index (χ3n) is 2.85. The maximum Gasteiger partial charge on any atom is 0.257 e. The lowest BCUT2D eigenvalue weighted by atomic mass is 10.1. The molecule has 2 N–H and O–H groups in total. The molecular weight excluding hydrogens is 223 g/mol. The van der Waals surface area contributed by atoms with Gasteiger partial charge in [-0.25, -0.2) is 4.39 Å². The molecule has 1 aromatic rings. The van der Waals surface area contributed by atoms with Gasteiger partial charge in [0.25, 0.3) is 5.91 Å². The molecular formula is C12H15FN2O2. The van der Waals surface area contributed by atoms with Crippen molar-refractivity contribution in [3.8, 4) is 5.75 Å². The minimum absolute atomic E-state index is 0.153. The number of phenolic OH excluding ortho intramolecular Hbond substituents is 1. The average Bonchev–Trinajstić information content (AvgIpc) is 2.28. The molecule has 1 fully saturated rings. The SMILES string of the molecule is C[C@H]1CN(C(=O)c2ccc(F)cc2O)CCN1. The first-order valence-corrected chi connectivity index (χ1v) is 5.59. The molecule has 5 heteroatoms. The first kappa shape index (κ1) is 11.9. The van der Waals surface area contributed by atoms with Gasteiger partial charge in [0.1, 0.15) is 11.6 Å². The van der Waals surface area contributed by atoms with Crippen LogP contribution in [0, 0.1) is 5.82 Å². The van der Waals surface area contributed by atoms with Gasteiger partial charge in [0.15, 0.2) is 0 Å². The predicted molar refractivity (Wildman–Crippen MR) is 61.4 cm³/mol. The van der Waals surface area contributed by atoms with Crippen molar-refractivity contribution in [1.29, 1.82) is 0 Å². The van der Waals surface area contributed by atoms with Crippen molar-refractivity contribution in [3.63, 3.8) is 0 Å². The van der Waals surface area contributed by atoms with Gasteiger partial charge >= 0.3 is 0 Å². The van der Waals surface area contributed by atoms with Gasteiger partial charge in [0, 0.05) is 31.7 Å². The van der Waals surface area contributed by atoms with Crippen LogP contribution in [0.1, 0.15) is 17.3 Å². The first-order chi connectivity index (χ1) is 8.08. The highest BCUT2D eigenvalue weighted by atomic mass is 19.1. The summed E-state index contributed by atoms with van der Waals surface area (Å²) < 4.78 is 12.8. The fourth-order valence-corrected chi connectivity index (χ4v) is 1.97. The third kappa shape index (κ3) is 2.55. The lowest BCUT2D eigenvalue weighted by Gasteiger charge is -2.32. The molecule has 17 heavy (non-hydrogen) atoms. The Morgan fingerprint density at radius 2 is 2.35 bits per heavy atom. The molecule has 1 atom stereocenters. The van der Waals surface area contributed by atoms with Crippen LogP contribution in [-0.2, 0) is 0 Å². The summed E-state index contributed by atoms with van der Waals surface area (Å²) in [5.74, 6) is -1.11. The van der Waals surface area contributed by atoms with E-state index in [2.05, 4.69) is 5.32 Å². The Morgan fingerprint density at radius 3 is 3.00 bits per heavy atom. The zero-order chi connectivity index (χ0) is 12.4. The highest BCUT2D eigenvalue weighted by Crippen LogP contribution is 2.20. The molecule has 0 bridgehead atoms. The van der Waals surface area contributed by atoms with Crippen molar-refractivity contribution >= 4 is 5.91 Å². The molecule has 1 aliphatic rings. The maximum atomic E-state index is 12.8. The molecule has 1 heterocycles. The van der Waals surface area contributed by atoms with Crippen LogP contribution < -0.4 is 5.32 Å². The van der Waals surface area contributed by atoms with Gasteiger partial charge < -0.3 is 15.3 Å². The number of benzene rings is 1. The molecule has 0 saturated carbocycles. The summed E-state index contributed by atoms with van der Waals surface area (Å²) in [6.45, 7) is 3.91. The lowest BCUT2D eigenvalue weighted by Crippen LogP contribution is -2.51. The summed E-state index contributed by atoms with van der Waals surface area (Å²) in [5.41, 5.74) is 0.153. The Kier molecular flexibility index (Phi) is 3.28. The Bertz CT molecular complexity index is 437. The van der Waals surface area contributed by atoms with Gasteiger partial charge in [0.05, 0.1) is 5.56 Å². The lowest BCUT2D eigenvalue weighted by molar-refractivity contribution is 0.0706. The number of piperazine rings is 1. The van der Waals surface area contributed by atoms with Crippen molar-refractivity contribution in [2.24, 2.45) is 0 Å². The summed E-state index contributed by atoms with van der Waals surface area (Å²) in [5, 5.41) is 12.8. The molecule has 0 spiro atoms. The molecule has 1 saturated heterocycles. The average molecular weight is 238 g/mol. The number of rotatable bonds is 1. The molecule has 4 nitrogen and oxygen atoms in total. The fourth-order valence-electron chi connectivity index (χ4n) is 1.97. The van der Waals surface area contributed by atoms with Crippen LogP contribution in [-0.4, -0.2) is 41.6 Å². The fraction of sp³-hybridized carbons (Fsp3) is 0.417. The van der Waals surface area contributed by atoms with Gasteiger partial charge in [-0.2, -0.15) is 0 Å². The number of halogens is 1. The monoisotopic (exact) mass is 238 g/mol. The first-order valence-electron chi connectivity index (χ1n) is 5.59. The van der Waals surface area contributed by atoms with Crippen molar-refractivity contribution in [2.75, 3.05) is 19.6 Å². The van der Waals surface area contributed by atoms with E-state index in [1.165, 1.54) is 12.1 Å². The number of phenols is 1. The third-order valence-corrected chi connectivity index (χ3v) is 2.85. The number of carbonyl (C=O) groups is 1. The van der Waals surface area contributed by atoms with Crippen LogP contribution in [0.25, 0.3) is 0 Å². The predicted octanol–water partition coefficient (Wildman–Crippen LogP) is 0.965. The Morgan fingerprint density at radius 1 is 1.59 bits per heavy atom. The van der Waals surface area contributed by atoms with Gasteiger partial charge in [-0.05, 0) is 19.1 Å². The topological polar surface area (TPSA) is 52.6 Å². The number of aromatic hydroxyl groups is 1. The smallest absolute Gasteiger partial charge is 0.257 e. The number of nitrogens with one attached hydrogen (secondary N) is 1. The highest BCUT2D eigenvalue weighted by molar-refractivity contribution is 5.96. The van der Waals surface area contributed by atoms with E-state index in [9.17, 15) is 14.3 Å². The van der Waals surface area contributed by atoms with Gasteiger partial charge in [-0.1, -0.05) is 0 Å². The van der Waals surface area contributed by atoms with E-state index in [1.807, 2.05) is 6.92 Å². The van der Waals surface area contributed by atoms with Crippen molar-refractivity contribution in [3.05, 3.63) is 29.6 Å². The summed E-state index contributed by atoms with van der Waals surface area (Å²) in [4.78, 5) is 13.8. The zero-order valence-corrected chi connectivity index (χ0v) is 9.61. The molecule has 1 aromatic carbocycles. The summed E-state index contributed by atoms with van der Waals surface area (Å²) in [6.07, 6.45) is 0. The Balaban J connectivity index is 2.18. The molecule has 92 valence electrons. The zero-order valence-electron chi connectivity index (χ0n) is 9.61. The second-order valence-corrected chi connectivity index (χ2v) is 4.27. The molecule has 0 aromatic heterocycles. The van der Waals surface area contributed by atoms with E-state index >= 15 is 0 Å². The number of hydrogen-bond donors (Lipinski definition) is 2. The maximum absolute atomic E-state index is 12.8. The number of amides is 1. The van der Waals surface area contributed by atoms with Crippen molar-refractivity contribution < 1.29 is 14.3 Å². The molecule has 1 amide bonds. The molecule has 0 radical (unpaired) electrons. The number of hydrogen-bond acceptors (Lipinski definition) is 3. The van der Waals surface area contributed by atoms with Crippen LogP contribution in [0.3, 0.4) is 0 Å². The standard InChI is InChI=1S/C12H15FN2O2/c1-8-7-15(5-4-14-8)12(17)10-3-2-9(13)6-11(10)16/h2-3,6,8,14,16H,4-5,7H2,1H3/t8-/m0/s1. The van der Waals surface area contributed by atoms with E-state index in [4.69, 9.17) is 0 Å². The van der Waals surface area contributed by atoms with Crippen molar-refractivity contribution in [1.82, 2.24) is 10.2 Å². The Hall–Kier alpha value is -1.62. The van der Waals surface area contributed by atoms with Gasteiger partial charge in [0.2, 0.25) is 0 Å². The Labute approximate surface area is 99.0 Å². The van der Waals surface area contributed by atoms with E-state index in [0.717, 1.165) is 12.6 Å². The second-order valence-electron chi connectivity index (χ2n) is 4.27. The van der Waals surface area contributed by atoms with E-state index in [1.54, 1.807) is 4.90 Å². The highest BCUT2D eigenvalue weighted by Gasteiger charge is 2.23. The summed E-state index contributed by atoms with van der Waals surface area (Å²) in [6, 6.07) is 3.69. The van der Waals surface area contributed by atoms with Gasteiger partial charge in [-0.3, -0.25) is 4.79 Å². The van der Waals surface area contributed by atoms with E-state index in [-0.39, 0.29) is 23.3 Å². The quantitative estimate of drug-likeness (QED) is 0.766. The minimum Gasteiger partial charge on any atom is -0.507 e. The molecule has 1 aliphatic heterocycles.